The number of aryl methyl sites for hydroxylation is 1. The Morgan fingerprint density at radius 3 is 2.52 bits per heavy atom. The molecule has 27 heavy (non-hydrogen) atoms. The summed E-state index contributed by atoms with van der Waals surface area (Å²) in [4.78, 5) is 15.5. The van der Waals surface area contributed by atoms with Crippen molar-refractivity contribution >= 4 is 44.8 Å². The maximum Gasteiger partial charge on any atom is 0.404 e. The third-order valence-electron chi connectivity index (χ3n) is 3.40. The third-order valence-corrected chi connectivity index (χ3v) is 5.65. The molecule has 0 aliphatic rings. The minimum Gasteiger partial charge on any atom is -0.344 e. The highest BCUT2D eigenvalue weighted by Crippen LogP contribution is 2.29. The molecular formula is C14H13Cl2F3N4O3S. The fourth-order valence-electron chi connectivity index (χ4n) is 2.05. The van der Waals surface area contributed by atoms with Gasteiger partial charge in [-0.25, -0.2) is 13.4 Å². The number of pyridine rings is 1. The van der Waals surface area contributed by atoms with E-state index in [1.807, 2.05) is 0 Å². The second kappa shape index (κ2) is 7.66. The molecule has 0 fully saturated rings. The molecule has 0 aliphatic carbocycles. The first kappa shape index (κ1) is 21.5. The number of sulfonamides is 1. The standard InChI is InChI=1S/C14H13Cl2F3N4O3S/c1-7(14(17,18)19)22-27(25,26)9-6-23(2)12(11(9)16)13(24)21-8-3-4-20-10(15)5-8/h3-7,22H,1-2H3,(H,20,21,24). The largest absolute Gasteiger partial charge is 0.404 e. The molecule has 2 aromatic heterocycles. The van der Waals surface area contributed by atoms with Crippen LogP contribution in [0.25, 0.3) is 0 Å². The molecule has 2 heterocycles. The minimum absolute atomic E-state index is 0.111. The molecular weight excluding hydrogens is 432 g/mol. The molecule has 2 rings (SSSR count). The van der Waals surface area contributed by atoms with E-state index in [0.717, 1.165) is 10.8 Å². The monoisotopic (exact) mass is 444 g/mol. The van der Waals surface area contributed by atoms with Gasteiger partial charge in [-0.05, 0) is 19.1 Å². The van der Waals surface area contributed by atoms with Crippen molar-refractivity contribution in [1.29, 1.82) is 0 Å². The van der Waals surface area contributed by atoms with Crippen LogP contribution in [0.4, 0.5) is 18.9 Å². The van der Waals surface area contributed by atoms with Crippen molar-refractivity contribution in [3.8, 4) is 0 Å². The van der Waals surface area contributed by atoms with Gasteiger partial charge in [0.05, 0.1) is 5.02 Å². The normalized spacial score (nSPS) is 13.4. The van der Waals surface area contributed by atoms with Crippen LogP contribution < -0.4 is 10.0 Å². The lowest BCUT2D eigenvalue weighted by atomic mass is 10.3. The van der Waals surface area contributed by atoms with Crippen molar-refractivity contribution in [1.82, 2.24) is 14.3 Å². The van der Waals surface area contributed by atoms with Crippen LogP contribution in [0.2, 0.25) is 10.2 Å². The Balaban J connectivity index is 2.34. The van der Waals surface area contributed by atoms with Gasteiger partial charge in [0, 0.05) is 25.1 Å². The molecule has 148 valence electrons. The number of hydrogen-bond acceptors (Lipinski definition) is 4. The Bertz CT molecular complexity index is 976. The van der Waals surface area contributed by atoms with Crippen molar-refractivity contribution in [2.45, 2.75) is 24.0 Å². The van der Waals surface area contributed by atoms with Crippen molar-refractivity contribution in [3.63, 3.8) is 0 Å². The molecule has 0 saturated carbocycles. The highest BCUT2D eigenvalue weighted by molar-refractivity contribution is 7.89. The summed E-state index contributed by atoms with van der Waals surface area (Å²) in [7, 11) is -3.30. The molecule has 13 heteroatoms. The van der Waals surface area contributed by atoms with Crippen molar-refractivity contribution in [3.05, 3.63) is 40.4 Å². The highest BCUT2D eigenvalue weighted by Gasteiger charge is 2.40. The number of rotatable bonds is 5. The molecule has 0 radical (unpaired) electrons. The molecule has 2 N–H and O–H groups in total. The maximum absolute atomic E-state index is 12.6. The number of nitrogens with one attached hydrogen (secondary N) is 2. The van der Waals surface area contributed by atoms with Gasteiger partial charge >= 0.3 is 6.18 Å². The van der Waals surface area contributed by atoms with E-state index in [-0.39, 0.29) is 16.5 Å². The summed E-state index contributed by atoms with van der Waals surface area (Å²) in [5.74, 6) is -0.782. The van der Waals surface area contributed by atoms with Crippen LogP contribution in [-0.4, -0.2) is 36.1 Å². The molecule has 7 nitrogen and oxygen atoms in total. The predicted molar refractivity (Wildman–Crippen MR) is 93.5 cm³/mol. The summed E-state index contributed by atoms with van der Waals surface area (Å²) in [6, 6.07) is 0.445. The van der Waals surface area contributed by atoms with Crippen LogP contribution in [-0.2, 0) is 17.1 Å². The first-order valence-corrected chi connectivity index (χ1v) is 9.43. The number of anilines is 1. The molecule has 0 saturated heterocycles. The fourth-order valence-corrected chi connectivity index (χ4v) is 4.15. The Labute approximate surface area is 162 Å². The van der Waals surface area contributed by atoms with Crippen molar-refractivity contribution in [2.24, 2.45) is 7.05 Å². The lowest BCUT2D eigenvalue weighted by molar-refractivity contribution is -0.147. The van der Waals surface area contributed by atoms with E-state index in [0.29, 0.717) is 6.92 Å². The SMILES string of the molecule is CC(NS(=O)(=O)c1cn(C)c(C(=O)Nc2ccnc(Cl)c2)c1Cl)C(F)(F)F. The van der Waals surface area contributed by atoms with Crippen LogP contribution in [0.15, 0.2) is 29.4 Å². The van der Waals surface area contributed by atoms with Gasteiger partial charge in [0.25, 0.3) is 5.91 Å². The summed E-state index contributed by atoms with van der Waals surface area (Å²) >= 11 is 11.7. The maximum atomic E-state index is 12.6. The molecule has 1 amide bonds. The van der Waals surface area contributed by atoms with Crippen LogP contribution in [0, 0.1) is 0 Å². The van der Waals surface area contributed by atoms with E-state index >= 15 is 0 Å². The van der Waals surface area contributed by atoms with E-state index in [4.69, 9.17) is 23.2 Å². The molecule has 0 aliphatic heterocycles. The smallest absolute Gasteiger partial charge is 0.344 e. The lowest BCUT2D eigenvalue weighted by Gasteiger charge is -2.16. The summed E-state index contributed by atoms with van der Waals surface area (Å²) in [6.45, 7) is 0.648. The summed E-state index contributed by atoms with van der Waals surface area (Å²) in [6.07, 6.45) is -2.50. The van der Waals surface area contributed by atoms with E-state index < -0.39 is 38.1 Å². The van der Waals surface area contributed by atoms with Crippen LogP contribution in [0.1, 0.15) is 17.4 Å². The van der Waals surface area contributed by atoms with Gasteiger partial charge in [-0.15, -0.1) is 0 Å². The third kappa shape index (κ3) is 4.92. The number of carbonyl (C=O) groups is 1. The van der Waals surface area contributed by atoms with Gasteiger partial charge in [0.2, 0.25) is 10.0 Å². The number of amides is 1. The van der Waals surface area contributed by atoms with Crippen LogP contribution >= 0.6 is 23.2 Å². The number of aromatic nitrogens is 2. The van der Waals surface area contributed by atoms with Crippen LogP contribution in [0.3, 0.4) is 0 Å². The van der Waals surface area contributed by atoms with Gasteiger partial charge < -0.3 is 9.88 Å². The average molecular weight is 445 g/mol. The summed E-state index contributed by atoms with van der Waals surface area (Å²) < 4.78 is 65.0. The zero-order valence-corrected chi connectivity index (χ0v) is 16.1. The second-order valence-electron chi connectivity index (χ2n) is 5.47. The van der Waals surface area contributed by atoms with Gasteiger partial charge in [0.15, 0.2) is 0 Å². The zero-order valence-electron chi connectivity index (χ0n) is 13.8. The van der Waals surface area contributed by atoms with E-state index in [1.165, 1.54) is 30.1 Å². The lowest BCUT2D eigenvalue weighted by Crippen LogP contribution is -2.42. The number of alkyl halides is 3. The summed E-state index contributed by atoms with van der Waals surface area (Å²) in [5, 5.41) is 2.04. The van der Waals surface area contributed by atoms with Gasteiger partial charge in [-0.3, -0.25) is 4.79 Å². The van der Waals surface area contributed by atoms with Crippen molar-refractivity contribution in [2.75, 3.05) is 5.32 Å². The number of halogens is 5. The van der Waals surface area contributed by atoms with Gasteiger partial charge in [-0.1, -0.05) is 23.2 Å². The zero-order chi connectivity index (χ0) is 20.6. The Morgan fingerprint density at radius 2 is 1.96 bits per heavy atom. The van der Waals surface area contributed by atoms with E-state index in [9.17, 15) is 26.4 Å². The Kier molecular flexibility index (Phi) is 6.10. The number of carbonyl (C=O) groups excluding carboxylic acids is 1. The van der Waals surface area contributed by atoms with Gasteiger partial charge in [0.1, 0.15) is 21.8 Å². The van der Waals surface area contributed by atoms with E-state index in [1.54, 1.807) is 0 Å². The van der Waals surface area contributed by atoms with Crippen LogP contribution in [0.5, 0.6) is 0 Å². The van der Waals surface area contributed by atoms with Gasteiger partial charge in [-0.2, -0.15) is 17.9 Å². The molecule has 1 unspecified atom stereocenters. The minimum atomic E-state index is -4.78. The van der Waals surface area contributed by atoms with E-state index in [2.05, 4.69) is 10.3 Å². The first-order chi connectivity index (χ1) is 12.3. The Hall–Kier alpha value is -1.82. The van der Waals surface area contributed by atoms with Crippen molar-refractivity contribution < 1.29 is 26.4 Å². The number of nitrogens with zero attached hydrogens (tertiary/aromatic N) is 2. The fraction of sp³-hybridized carbons (Fsp3) is 0.286. The first-order valence-electron chi connectivity index (χ1n) is 7.19. The molecule has 0 bridgehead atoms. The molecule has 1 atom stereocenters. The second-order valence-corrected chi connectivity index (χ2v) is 7.92. The topological polar surface area (TPSA) is 93.1 Å². The molecule has 2 aromatic rings. The number of hydrogen-bond donors (Lipinski definition) is 2. The summed E-state index contributed by atoms with van der Waals surface area (Å²) in [5.41, 5.74) is 0.00938. The predicted octanol–water partition coefficient (Wildman–Crippen LogP) is 3.21. The highest BCUT2D eigenvalue weighted by atomic mass is 35.5. The Morgan fingerprint density at radius 1 is 1.33 bits per heavy atom. The molecule has 0 spiro atoms. The quantitative estimate of drug-likeness (QED) is 0.692. The average Bonchev–Trinajstić information content (AvgIpc) is 2.81. The molecule has 0 aromatic carbocycles.